The Labute approximate surface area is 62.1 Å². The molecule has 47 valence electrons. The maximum absolute atomic E-state index is 10.6. The summed E-state index contributed by atoms with van der Waals surface area (Å²) in [6.45, 7) is 0. The van der Waals surface area contributed by atoms with Crippen LogP contribution in [0.3, 0.4) is 0 Å². The minimum absolute atomic E-state index is 0.626. The molecule has 0 spiro atoms. The van der Waals surface area contributed by atoms with E-state index >= 15 is 0 Å². The summed E-state index contributed by atoms with van der Waals surface area (Å²) in [5, 5.41) is 0. The van der Waals surface area contributed by atoms with Crippen LogP contribution in [-0.2, 0) is 10.2 Å². The zero-order chi connectivity index (χ0) is 6.69. The first-order valence-corrected chi connectivity index (χ1v) is 4.58. The van der Waals surface area contributed by atoms with Crippen LogP contribution in [0.5, 0.6) is 0 Å². The second kappa shape index (κ2) is 3.15. The van der Waals surface area contributed by atoms with Gasteiger partial charge in [0.15, 0.2) is 4.90 Å². The van der Waals surface area contributed by atoms with Crippen LogP contribution in [0, 0.1) is 6.07 Å². The normalized spacial score (nSPS) is 13.1. The van der Waals surface area contributed by atoms with E-state index in [0.29, 0.717) is 4.90 Å². The lowest BCUT2D eigenvalue weighted by molar-refractivity contribution is 0.609. The van der Waals surface area contributed by atoms with Gasteiger partial charge in [0.25, 0.3) is 0 Å². The smallest absolute Gasteiger partial charge is 0.173 e. The van der Waals surface area contributed by atoms with Crippen molar-refractivity contribution in [3.05, 3.63) is 30.3 Å². The van der Waals surface area contributed by atoms with Gasteiger partial charge in [0.1, 0.15) is 0 Å². The molecule has 1 aromatic rings. The zero-order valence-electron chi connectivity index (χ0n) is 4.57. The van der Waals surface area contributed by atoms with Crippen molar-refractivity contribution >= 4 is 21.9 Å². The van der Waals surface area contributed by atoms with Crippen molar-refractivity contribution in [2.24, 2.45) is 0 Å². The lowest BCUT2D eigenvalue weighted by Crippen LogP contribution is -1.88. The summed E-state index contributed by atoms with van der Waals surface area (Å²) in [6.07, 6.45) is 0. The molecular weight excluding hydrogens is 152 g/mol. The first-order chi connectivity index (χ1) is 4.30. The minimum Gasteiger partial charge on any atom is -0.600 e. The quantitative estimate of drug-likeness (QED) is 0.372. The lowest BCUT2D eigenvalue weighted by Gasteiger charge is -1.97. The summed E-state index contributed by atoms with van der Waals surface area (Å²) in [4.78, 5) is 0.626. The van der Waals surface area contributed by atoms with Gasteiger partial charge in [0, 0.05) is 6.07 Å². The van der Waals surface area contributed by atoms with Crippen molar-refractivity contribution in [3.8, 4) is 0 Å². The molecule has 1 aromatic carbocycles. The maximum Gasteiger partial charge on any atom is 0.173 e. The Bertz CT molecular complexity index is 174. The van der Waals surface area contributed by atoms with Crippen LogP contribution in [0.15, 0.2) is 29.2 Å². The van der Waals surface area contributed by atoms with Gasteiger partial charge in [-0.2, -0.15) is 0 Å². The van der Waals surface area contributed by atoms with Gasteiger partial charge in [-0.1, -0.05) is 12.1 Å². The van der Waals surface area contributed by atoms with E-state index in [1.165, 1.54) is 0 Å². The lowest BCUT2D eigenvalue weighted by atomic mass is 10.4. The van der Waals surface area contributed by atoms with Gasteiger partial charge < -0.3 is 4.55 Å². The number of hydrogen-bond acceptors (Lipinski definition) is 2. The van der Waals surface area contributed by atoms with Crippen LogP contribution >= 0.6 is 11.7 Å². The van der Waals surface area contributed by atoms with Gasteiger partial charge in [0.2, 0.25) is 0 Å². The highest BCUT2D eigenvalue weighted by Crippen LogP contribution is 2.11. The van der Waals surface area contributed by atoms with Crippen molar-refractivity contribution in [3.63, 3.8) is 0 Å². The van der Waals surface area contributed by atoms with Crippen molar-refractivity contribution in [2.75, 3.05) is 0 Å². The Morgan fingerprint density at radius 1 is 1.56 bits per heavy atom. The summed E-state index contributed by atoms with van der Waals surface area (Å²) in [5.74, 6) is 0. The van der Waals surface area contributed by atoms with E-state index < -0.39 is 10.2 Å². The van der Waals surface area contributed by atoms with Crippen molar-refractivity contribution < 1.29 is 4.55 Å². The zero-order valence-corrected chi connectivity index (χ0v) is 6.28. The molecule has 9 heavy (non-hydrogen) atoms. The highest BCUT2D eigenvalue weighted by atomic mass is 33.1. The Balaban J connectivity index is 2.85. The molecule has 0 bridgehead atoms. The molecule has 0 saturated heterocycles. The van der Waals surface area contributed by atoms with E-state index in [4.69, 9.17) is 0 Å². The van der Waals surface area contributed by atoms with Gasteiger partial charge in [0.05, 0.1) is 21.9 Å². The van der Waals surface area contributed by atoms with E-state index in [-0.39, 0.29) is 0 Å². The molecule has 1 nitrogen and oxygen atoms in total. The fourth-order valence-electron chi connectivity index (χ4n) is 0.485. The molecule has 1 rings (SSSR count). The van der Waals surface area contributed by atoms with Crippen LogP contribution in [0.25, 0.3) is 0 Å². The predicted octanol–water partition coefficient (Wildman–Crippen LogP) is 1.44. The monoisotopic (exact) mass is 157 g/mol. The molecule has 0 aliphatic heterocycles. The van der Waals surface area contributed by atoms with Gasteiger partial charge in [-0.05, 0) is 12.1 Å². The van der Waals surface area contributed by atoms with Crippen LogP contribution in [0.1, 0.15) is 0 Å². The molecule has 0 heterocycles. The topological polar surface area (TPSA) is 23.1 Å². The highest BCUT2D eigenvalue weighted by Gasteiger charge is 2.01. The molecule has 1 atom stereocenters. The van der Waals surface area contributed by atoms with Crippen LogP contribution in [-0.4, -0.2) is 4.55 Å². The molecule has 1 radical (unpaired) electrons. The summed E-state index contributed by atoms with van der Waals surface area (Å²) in [5.41, 5.74) is 0. The molecule has 0 saturated carbocycles. The molecule has 0 fully saturated rings. The molecule has 0 aromatic heterocycles. The summed E-state index contributed by atoms with van der Waals surface area (Å²) in [7, 11) is -1.19. The van der Waals surface area contributed by atoms with E-state index in [0.717, 1.165) is 0 Å². The predicted molar refractivity (Wildman–Crippen MR) is 40.7 cm³/mol. The molecule has 0 aliphatic rings. The minimum atomic E-state index is -1.19. The van der Waals surface area contributed by atoms with E-state index in [1.54, 1.807) is 18.2 Å². The third-order valence-corrected chi connectivity index (χ3v) is 2.09. The van der Waals surface area contributed by atoms with Crippen molar-refractivity contribution in [1.29, 1.82) is 0 Å². The largest absolute Gasteiger partial charge is 0.600 e. The summed E-state index contributed by atoms with van der Waals surface area (Å²) in [6, 6.07) is 9.86. The van der Waals surface area contributed by atoms with E-state index in [1.807, 2.05) is 6.07 Å². The third kappa shape index (κ3) is 1.93. The fourth-order valence-corrected chi connectivity index (χ4v) is 1.19. The molecule has 1 unspecified atom stereocenters. The standard InChI is InChI=1S/C6H5OS2/c7-9(8)6-4-2-1-3-5-6/h1-4H,(H,7,8). The summed E-state index contributed by atoms with van der Waals surface area (Å²) < 4.78 is 10.6. The highest BCUT2D eigenvalue weighted by molar-refractivity contribution is 8.63. The van der Waals surface area contributed by atoms with Gasteiger partial charge in [-0.3, -0.25) is 0 Å². The molecule has 0 amide bonds. The molecular formula is C6H5OS2. The fraction of sp³-hybridized carbons (Fsp3) is 0. The van der Waals surface area contributed by atoms with Crippen molar-refractivity contribution in [1.82, 2.24) is 0 Å². The number of benzene rings is 1. The summed E-state index contributed by atoms with van der Waals surface area (Å²) >= 11 is 3.73. The Hall–Kier alpha value is -0.120. The second-order valence-corrected chi connectivity index (χ2v) is 3.41. The molecule has 0 N–H and O–H groups in total. The van der Waals surface area contributed by atoms with Crippen molar-refractivity contribution in [2.45, 2.75) is 4.90 Å². The van der Waals surface area contributed by atoms with Crippen LogP contribution < -0.4 is 0 Å². The first kappa shape index (κ1) is 6.99. The second-order valence-electron chi connectivity index (χ2n) is 1.48. The van der Waals surface area contributed by atoms with E-state index in [2.05, 4.69) is 17.7 Å². The van der Waals surface area contributed by atoms with Crippen LogP contribution in [0.4, 0.5) is 0 Å². The van der Waals surface area contributed by atoms with Gasteiger partial charge in [-0.25, -0.2) is 0 Å². The Morgan fingerprint density at radius 3 is 2.67 bits per heavy atom. The van der Waals surface area contributed by atoms with Crippen LogP contribution in [0.2, 0.25) is 0 Å². The number of rotatable bonds is 1. The van der Waals surface area contributed by atoms with Gasteiger partial charge in [-0.15, -0.1) is 0 Å². The average Bonchev–Trinajstić information content (AvgIpc) is 1.90. The van der Waals surface area contributed by atoms with Gasteiger partial charge >= 0.3 is 0 Å². The third-order valence-electron chi connectivity index (χ3n) is 0.869. The number of hydrogen-bond donors (Lipinski definition) is 1. The average molecular weight is 157 g/mol. The maximum atomic E-state index is 10.6. The van der Waals surface area contributed by atoms with E-state index in [9.17, 15) is 4.55 Å². The Morgan fingerprint density at radius 2 is 2.33 bits per heavy atom. The SMILES string of the molecule is [O-][S+](S)c1[c]cccc1. The first-order valence-electron chi connectivity index (χ1n) is 2.38. The molecule has 0 aliphatic carbocycles. The number of thiol groups is 1. The Kier molecular flexibility index (Phi) is 2.45. The molecule has 3 heteroatoms.